The molecule has 104 valence electrons. The number of amides is 1. The Hall–Kier alpha value is -1.36. The molecule has 0 atom stereocenters. The lowest BCUT2D eigenvalue weighted by molar-refractivity contribution is 0.0685. The van der Waals surface area contributed by atoms with Gasteiger partial charge in [0.05, 0.1) is 0 Å². The maximum absolute atomic E-state index is 12.6. The maximum Gasteiger partial charge on any atom is 0.290 e. The van der Waals surface area contributed by atoms with Crippen LogP contribution in [0.15, 0.2) is 12.4 Å². The predicted octanol–water partition coefficient (Wildman–Crippen LogP) is 1.02. The molecule has 2 aliphatic rings. The monoisotopic (exact) mass is 262 g/mol. The lowest BCUT2D eigenvalue weighted by Crippen LogP contribution is -2.41. The van der Waals surface area contributed by atoms with Crippen LogP contribution in [0.3, 0.4) is 0 Å². The topological polar surface area (TPSA) is 50.2 Å². The summed E-state index contributed by atoms with van der Waals surface area (Å²) < 4.78 is 1.82. The van der Waals surface area contributed by atoms with Crippen molar-refractivity contribution in [2.45, 2.75) is 31.7 Å². The zero-order chi connectivity index (χ0) is 13.2. The van der Waals surface area contributed by atoms with Gasteiger partial charge in [0.2, 0.25) is 0 Å². The Morgan fingerprint density at radius 1 is 1.42 bits per heavy atom. The van der Waals surface area contributed by atoms with Gasteiger partial charge in [-0.2, -0.15) is 0 Å². The van der Waals surface area contributed by atoms with E-state index in [1.807, 2.05) is 17.8 Å². The summed E-state index contributed by atoms with van der Waals surface area (Å²) in [6.07, 6.45) is 8.20. The van der Waals surface area contributed by atoms with Gasteiger partial charge >= 0.3 is 0 Å². The van der Waals surface area contributed by atoms with Crippen molar-refractivity contribution in [3.05, 3.63) is 18.2 Å². The number of rotatable bonds is 4. The third kappa shape index (κ3) is 2.81. The first-order chi connectivity index (χ1) is 9.25. The number of carbonyl (C=O) groups is 1. The first-order valence-electron chi connectivity index (χ1n) is 7.24. The van der Waals surface area contributed by atoms with E-state index in [4.69, 9.17) is 0 Å². The first-order valence-corrected chi connectivity index (χ1v) is 7.24. The van der Waals surface area contributed by atoms with Gasteiger partial charge in [0, 0.05) is 32.0 Å². The molecule has 5 heteroatoms. The van der Waals surface area contributed by atoms with Crippen LogP contribution in [0.4, 0.5) is 0 Å². The van der Waals surface area contributed by atoms with E-state index in [1.54, 1.807) is 6.20 Å². The average Bonchev–Trinajstić information content (AvgIpc) is 3.18. The Morgan fingerprint density at radius 3 is 2.74 bits per heavy atom. The Morgan fingerprint density at radius 2 is 2.16 bits per heavy atom. The predicted molar refractivity (Wildman–Crippen MR) is 72.9 cm³/mol. The Balaban J connectivity index is 1.70. The molecule has 1 saturated heterocycles. The van der Waals surface area contributed by atoms with Crippen molar-refractivity contribution in [2.75, 3.05) is 19.6 Å². The summed E-state index contributed by atoms with van der Waals surface area (Å²) in [7, 11) is 1.88. The number of hydrogen-bond acceptors (Lipinski definition) is 3. The van der Waals surface area contributed by atoms with Crippen LogP contribution in [0.5, 0.6) is 0 Å². The summed E-state index contributed by atoms with van der Waals surface area (Å²) in [5.74, 6) is 1.32. The molecule has 1 aromatic rings. The molecular weight excluding hydrogens is 240 g/mol. The number of piperidine rings is 1. The van der Waals surface area contributed by atoms with E-state index < -0.39 is 0 Å². The van der Waals surface area contributed by atoms with E-state index in [9.17, 15) is 4.79 Å². The Kier molecular flexibility index (Phi) is 3.55. The SMILES string of the molecule is Cn1ccnc1C(=O)N(CC1CCNCC1)C1CC1. The molecule has 0 bridgehead atoms. The minimum atomic E-state index is 0.105. The van der Waals surface area contributed by atoms with Crippen LogP contribution in [0.25, 0.3) is 0 Å². The molecule has 0 aromatic carbocycles. The van der Waals surface area contributed by atoms with Crippen LogP contribution >= 0.6 is 0 Å². The summed E-state index contributed by atoms with van der Waals surface area (Å²) in [6.45, 7) is 3.07. The van der Waals surface area contributed by atoms with Gasteiger partial charge in [0.25, 0.3) is 5.91 Å². The zero-order valence-electron chi connectivity index (χ0n) is 11.5. The number of nitrogens with zero attached hydrogens (tertiary/aromatic N) is 3. The number of hydrogen-bond donors (Lipinski definition) is 1. The number of nitrogens with one attached hydrogen (secondary N) is 1. The molecule has 19 heavy (non-hydrogen) atoms. The van der Waals surface area contributed by atoms with Crippen LogP contribution in [0.2, 0.25) is 0 Å². The molecule has 1 aliphatic heterocycles. The highest BCUT2D eigenvalue weighted by Crippen LogP contribution is 2.30. The average molecular weight is 262 g/mol. The highest BCUT2D eigenvalue weighted by molar-refractivity contribution is 5.91. The molecule has 3 rings (SSSR count). The molecule has 2 heterocycles. The smallest absolute Gasteiger partial charge is 0.290 e. The van der Waals surface area contributed by atoms with Gasteiger partial charge in [0.15, 0.2) is 5.82 Å². The maximum atomic E-state index is 12.6. The van der Waals surface area contributed by atoms with Gasteiger partial charge in [-0.1, -0.05) is 0 Å². The van der Waals surface area contributed by atoms with Crippen molar-refractivity contribution in [3.8, 4) is 0 Å². The quantitative estimate of drug-likeness (QED) is 0.881. The van der Waals surface area contributed by atoms with E-state index in [0.717, 1.165) is 32.5 Å². The van der Waals surface area contributed by atoms with E-state index >= 15 is 0 Å². The van der Waals surface area contributed by atoms with Crippen molar-refractivity contribution < 1.29 is 4.79 Å². The fourth-order valence-corrected chi connectivity index (χ4v) is 2.83. The minimum Gasteiger partial charge on any atom is -0.333 e. The summed E-state index contributed by atoms with van der Waals surface area (Å²) in [6, 6.07) is 0.457. The molecule has 1 saturated carbocycles. The molecule has 1 amide bonds. The molecule has 1 N–H and O–H groups in total. The second-order valence-electron chi connectivity index (χ2n) is 5.74. The lowest BCUT2D eigenvalue weighted by Gasteiger charge is -2.30. The summed E-state index contributed by atoms with van der Waals surface area (Å²) in [5, 5.41) is 3.38. The normalized spacial score (nSPS) is 20.5. The fourth-order valence-electron chi connectivity index (χ4n) is 2.83. The highest BCUT2D eigenvalue weighted by Gasteiger charge is 2.35. The van der Waals surface area contributed by atoms with E-state index in [0.29, 0.717) is 17.8 Å². The minimum absolute atomic E-state index is 0.105. The van der Waals surface area contributed by atoms with Crippen LogP contribution in [-0.4, -0.2) is 46.0 Å². The highest BCUT2D eigenvalue weighted by atomic mass is 16.2. The number of aryl methyl sites for hydroxylation is 1. The van der Waals surface area contributed by atoms with Crippen LogP contribution < -0.4 is 5.32 Å². The standard InChI is InChI=1S/C14H22N4O/c1-17-9-8-16-13(17)14(19)18(12-2-3-12)10-11-4-6-15-7-5-11/h8-9,11-12,15H,2-7,10H2,1H3. The Bertz CT molecular complexity index is 446. The summed E-state index contributed by atoms with van der Waals surface area (Å²) >= 11 is 0. The largest absolute Gasteiger partial charge is 0.333 e. The summed E-state index contributed by atoms with van der Waals surface area (Å²) in [4.78, 5) is 18.9. The third-order valence-corrected chi connectivity index (χ3v) is 4.17. The lowest BCUT2D eigenvalue weighted by atomic mass is 9.97. The first kappa shape index (κ1) is 12.7. The van der Waals surface area contributed by atoms with E-state index in [-0.39, 0.29) is 5.91 Å². The van der Waals surface area contributed by atoms with Crippen molar-refractivity contribution in [2.24, 2.45) is 13.0 Å². The van der Waals surface area contributed by atoms with Crippen LogP contribution in [-0.2, 0) is 7.05 Å². The number of carbonyl (C=O) groups excluding carboxylic acids is 1. The Labute approximate surface area is 114 Å². The number of imidazole rings is 1. The van der Waals surface area contributed by atoms with Crippen LogP contribution in [0, 0.1) is 5.92 Å². The molecule has 0 spiro atoms. The molecule has 5 nitrogen and oxygen atoms in total. The van der Waals surface area contributed by atoms with Gasteiger partial charge < -0.3 is 14.8 Å². The van der Waals surface area contributed by atoms with Gasteiger partial charge in [0.1, 0.15) is 0 Å². The van der Waals surface area contributed by atoms with Crippen molar-refractivity contribution in [1.82, 2.24) is 19.8 Å². The number of aromatic nitrogens is 2. The van der Waals surface area contributed by atoms with Gasteiger partial charge in [-0.05, 0) is 44.7 Å². The van der Waals surface area contributed by atoms with Gasteiger partial charge in [-0.3, -0.25) is 4.79 Å². The molecule has 2 fully saturated rings. The molecule has 1 aromatic heterocycles. The van der Waals surface area contributed by atoms with E-state index in [1.165, 1.54) is 12.8 Å². The van der Waals surface area contributed by atoms with E-state index in [2.05, 4.69) is 15.2 Å². The molecular formula is C14H22N4O. The second-order valence-corrected chi connectivity index (χ2v) is 5.74. The molecule has 0 radical (unpaired) electrons. The summed E-state index contributed by atoms with van der Waals surface area (Å²) in [5.41, 5.74) is 0. The second kappa shape index (κ2) is 5.33. The van der Waals surface area contributed by atoms with Gasteiger partial charge in [-0.15, -0.1) is 0 Å². The fraction of sp³-hybridized carbons (Fsp3) is 0.714. The van der Waals surface area contributed by atoms with Crippen molar-refractivity contribution >= 4 is 5.91 Å². The van der Waals surface area contributed by atoms with Crippen molar-refractivity contribution in [1.29, 1.82) is 0 Å². The van der Waals surface area contributed by atoms with Gasteiger partial charge in [-0.25, -0.2) is 4.98 Å². The third-order valence-electron chi connectivity index (χ3n) is 4.17. The molecule has 1 aliphatic carbocycles. The zero-order valence-corrected chi connectivity index (χ0v) is 11.5. The van der Waals surface area contributed by atoms with Crippen molar-refractivity contribution in [3.63, 3.8) is 0 Å². The molecule has 0 unspecified atom stereocenters. The van der Waals surface area contributed by atoms with Crippen LogP contribution in [0.1, 0.15) is 36.3 Å².